The first-order valence-electron chi connectivity index (χ1n) is 1.97. The summed E-state index contributed by atoms with van der Waals surface area (Å²) in [7, 11) is 0. The Labute approximate surface area is 56.9 Å². The van der Waals surface area contributed by atoms with E-state index in [1.165, 1.54) is 0 Å². The summed E-state index contributed by atoms with van der Waals surface area (Å²) in [5, 5.41) is 0. The number of hydrogen-bond donors (Lipinski definition) is 2. The summed E-state index contributed by atoms with van der Waals surface area (Å²) < 4.78 is 2.66. The van der Waals surface area contributed by atoms with Gasteiger partial charge in [0.2, 0.25) is 0 Å². The zero-order chi connectivity index (χ0) is 5.70. The summed E-state index contributed by atoms with van der Waals surface area (Å²) in [6.07, 6.45) is 0. The normalized spacial score (nSPS) is 11.4. The van der Waals surface area contributed by atoms with Crippen LogP contribution in [0.2, 0.25) is 0 Å². The van der Waals surface area contributed by atoms with Crippen LogP contribution in [0.3, 0.4) is 0 Å². The first-order chi connectivity index (χ1) is 3.31. The summed E-state index contributed by atoms with van der Waals surface area (Å²) in [5.74, 6) is 0.489. The molecular weight excluding hydrogens is 205 g/mol. The molecule has 0 aromatic heterocycles. The Morgan fingerprint density at radius 1 is 2.00 bits per heavy atom. The fraction of sp³-hybridized carbons (Fsp3) is 0.667. The van der Waals surface area contributed by atoms with Crippen molar-refractivity contribution in [3.63, 3.8) is 0 Å². The molecule has 4 heteroatoms. The highest BCUT2D eigenvalue weighted by Crippen LogP contribution is 1.69. The molecule has 0 amide bonds. The number of nitrogens with zero attached hydrogens (tertiary/aromatic N) is 1. The lowest BCUT2D eigenvalue weighted by Gasteiger charge is -1.90. The third-order valence-electron chi connectivity index (χ3n) is 0.425. The van der Waals surface area contributed by atoms with Crippen molar-refractivity contribution in [1.82, 2.24) is 3.53 Å². The van der Waals surface area contributed by atoms with Gasteiger partial charge in [0, 0.05) is 6.54 Å². The van der Waals surface area contributed by atoms with Gasteiger partial charge >= 0.3 is 0 Å². The average molecular weight is 213 g/mol. The third kappa shape index (κ3) is 3.84. The van der Waals surface area contributed by atoms with E-state index in [4.69, 9.17) is 5.73 Å². The standard InChI is InChI=1S/C3H8IN3/c1-2-6-3(5)7-4/h2H2,1H3,(H3,5,6,7). The molecule has 0 saturated carbocycles. The molecule has 42 valence electrons. The first-order valence-corrected chi connectivity index (χ1v) is 3.05. The van der Waals surface area contributed by atoms with Crippen LogP contribution in [-0.2, 0) is 0 Å². The van der Waals surface area contributed by atoms with Crippen molar-refractivity contribution < 1.29 is 0 Å². The van der Waals surface area contributed by atoms with Gasteiger partial charge in [-0.3, -0.25) is 8.52 Å². The predicted octanol–water partition coefficient (Wildman–Crippen LogP) is 0.261. The second kappa shape index (κ2) is 4.17. The predicted molar refractivity (Wildman–Crippen MR) is 39.3 cm³/mol. The van der Waals surface area contributed by atoms with Gasteiger partial charge in [-0.2, -0.15) is 0 Å². The second-order valence-electron chi connectivity index (χ2n) is 0.954. The molecule has 3 nitrogen and oxygen atoms in total. The van der Waals surface area contributed by atoms with E-state index in [9.17, 15) is 0 Å². The Bertz CT molecular complexity index is 70.6. The lowest BCUT2D eigenvalue weighted by molar-refractivity contribution is 1.11. The minimum absolute atomic E-state index is 0.489. The Kier molecular flexibility index (Phi) is 4.17. The molecular formula is C3H8IN3. The summed E-state index contributed by atoms with van der Waals surface area (Å²) in [5.41, 5.74) is 5.21. The van der Waals surface area contributed by atoms with Crippen molar-refractivity contribution in [3.05, 3.63) is 0 Å². The number of rotatable bonds is 1. The summed E-state index contributed by atoms with van der Waals surface area (Å²) >= 11 is 1.93. The van der Waals surface area contributed by atoms with Gasteiger partial charge in [-0.25, -0.2) is 0 Å². The zero-order valence-electron chi connectivity index (χ0n) is 4.11. The Morgan fingerprint density at radius 2 is 2.57 bits per heavy atom. The topological polar surface area (TPSA) is 50.4 Å². The maximum atomic E-state index is 5.21. The quantitative estimate of drug-likeness (QED) is 0.284. The van der Waals surface area contributed by atoms with Crippen molar-refractivity contribution in [2.24, 2.45) is 10.7 Å². The molecule has 0 aromatic rings. The monoisotopic (exact) mass is 213 g/mol. The van der Waals surface area contributed by atoms with E-state index in [1.807, 2.05) is 29.8 Å². The molecule has 0 saturated heterocycles. The number of nitrogens with two attached hydrogens (primary N) is 1. The first kappa shape index (κ1) is 7.00. The van der Waals surface area contributed by atoms with Crippen LogP contribution in [0.4, 0.5) is 0 Å². The van der Waals surface area contributed by atoms with Crippen molar-refractivity contribution in [2.75, 3.05) is 6.54 Å². The maximum absolute atomic E-state index is 5.21. The van der Waals surface area contributed by atoms with Crippen LogP contribution in [0.5, 0.6) is 0 Å². The van der Waals surface area contributed by atoms with Crippen LogP contribution in [-0.4, -0.2) is 12.5 Å². The van der Waals surface area contributed by atoms with Gasteiger partial charge < -0.3 is 5.73 Å². The maximum Gasteiger partial charge on any atom is 0.197 e. The van der Waals surface area contributed by atoms with Gasteiger partial charge in [-0.15, -0.1) is 0 Å². The van der Waals surface area contributed by atoms with E-state index in [0.29, 0.717) is 5.96 Å². The van der Waals surface area contributed by atoms with E-state index < -0.39 is 0 Å². The van der Waals surface area contributed by atoms with Gasteiger partial charge in [-0.1, -0.05) is 0 Å². The number of hydrogen-bond acceptors (Lipinski definition) is 1. The molecule has 0 heterocycles. The molecule has 0 radical (unpaired) electrons. The van der Waals surface area contributed by atoms with Gasteiger partial charge in [0.15, 0.2) is 5.96 Å². The van der Waals surface area contributed by atoms with E-state index in [0.717, 1.165) is 6.54 Å². The number of guanidine groups is 1. The van der Waals surface area contributed by atoms with E-state index in [-0.39, 0.29) is 0 Å². The van der Waals surface area contributed by atoms with Crippen molar-refractivity contribution >= 4 is 28.8 Å². The number of nitrogens with one attached hydrogen (secondary N) is 1. The van der Waals surface area contributed by atoms with E-state index in [1.54, 1.807) is 0 Å². The molecule has 0 aliphatic rings. The van der Waals surface area contributed by atoms with E-state index >= 15 is 0 Å². The van der Waals surface area contributed by atoms with Gasteiger partial charge in [0.1, 0.15) is 0 Å². The molecule has 0 bridgehead atoms. The Balaban J connectivity index is 3.29. The highest BCUT2D eigenvalue weighted by atomic mass is 127. The van der Waals surface area contributed by atoms with Gasteiger partial charge in [0.25, 0.3) is 0 Å². The lowest BCUT2D eigenvalue weighted by atomic mass is 10.8. The molecule has 0 aromatic carbocycles. The van der Waals surface area contributed by atoms with Crippen LogP contribution >= 0.6 is 22.9 Å². The second-order valence-corrected chi connectivity index (χ2v) is 1.49. The van der Waals surface area contributed by atoms with Crippen LogP contribution in [0.15, 0.2) is 4.99 Å². The molecule has 3 N–H and O–H groups in total. The van der Waals surface area contributed by atoms with Crippen molar-refractivity contribution in [1.29, 1.82) is 0 Å². The number of aliphatic imine (C=N–C) groups is 1. The van der Waals surface area contributed by atoms with Crippen LogP contribution < -0.4 is 9.26 Å². The fourth-order valence-corrected chi connectivity index (χ4v) is 0.371. The molecule has 0 unspecified atom stereocenters. The molecule has 0 aliphatic heterocycles. The van der Waals surface area contributed by atoms with Gasteiger partial charge in [0.05, 0.1) is 22.9 Å². The molecule has 0 fully saturated rings. The highest BCUT2D eigenvalue weighted by Gasteiger charge is 1.77. The van der Waals surface area contributed by atoms with Gasteiger partial charge in [-0.05, 0) is 6.92 Å². The SMILES string of the molecule is CCN=C(N)NI. The molecule has 0 aliphatic carbocycles. The van der Waals surface area contributed by atoms with E-state index in [2.05, 4.69) is 8.52 Å². The molecule has 0 rings (SSSR count). The Morgan fingerprint density at radius 3 is 2.71 bits per heavy atom. The third-order valence-corrected chi connectivity index (χ3v) is 0.978. The lowest BCUT2D eigenvalue weighted by Crippen LogP contribution is -2.22. The average Bonchev–Trinajstić information content (AvgIpc) is 1.68. The largest absolute Gasteiger partial charge is 0.369 e. The fourth-order valence-electron chi connectivity index (χ4n) is 0.200. The van der Waals surface area contributed by atoms with Crippen LogP contribution in [0.1, 0.15) is 6.92 Å². The minimum Gasteiger partial charge on any atom is -0.369 e. The van der Waals surface area contributed by atoms with Crippen LogP contribution in [0, 0.1) is 0 Å². The molecule has 7 heavy (non-hydrogen) atoms. The smallest absolute Gasteiger partial charge is 0.197 e. The van der Waals surface area contributed by atoms with Crippen LogP contribution in [0.25, 0.3) is 0 Å². The molecule has 0 atom stereocenters. The number of halogens is 1. The van der Waals surface area contributed by atoms with Crippen molar-refractivity contribution in [3.8, 4) is 0 Å². The minimum atomic E-state index is 0.489. The van der Waals surface area contributed by atoms with Crippen molar-refractivity contribution in [2.45, 2.75) is 6.92 Å². The summed E-state index contributed by atoms with van der Waals surface area (Å²) in [6.45, 7) is 2.67. The summed E-state index contributed by atoms with van der Waals surface area (Å²) in [4.78, 5) is 3.82. The summed E-state index contributed by atoms with van der Waals surface area (Å²) in [6, 6.07) is 0. The highest BCUT2D eigenvalue weighted by molar-refractivity contribution is 14.1. The molecule has 0 spiro atoms. The Hall–Kier alpha value is 0. The zero-order valence-corrected chi connectivity index (χ0v) is 6.27.